The summed E-state index contributed by atoms with van der Waals surface area (Å²) in [6.07, 6.45) is 1.59. The second-order valence-corrected chi connectivity index (χ2v) is 15.7. The number of anilines is 3. The maximum absolute atomic E-state index is 13.3. The standard InChI is InChI=1S/C40H38ClN7O7S/c41-31-13-9-27(10-14-31)34-6-2-1-5-30(34)25-45-21-22-46-32(26-45)15-11-28-23-29(12-18-37(28)46)40(49)44-56(54,55)33-16-17-36(39(24-33)48(52)53)43-20-19-42-35-7-3-4-8-38(35)47(50)51/h1-10,12-14,16-18,23-24,32,42-43H,11,15,19-22,25-26H2,(H,44,49)/t32-/m0/s1. The smallest absolute Gasteiger partial charge is 0.293 e. The Hall–Kier alpha value is -6.03. The van der Waals surface area contributed by atoms with E-state index in [1.54, 1.807) is 30.3 Å². The molecule has 2 aliphatic rings. The van der Waals surface area contributed by atoms with Crippen LogP contribution in [-0.2, 0) is 23.0 Å². The summed E-state index contributed by atoms with van der Waals surface area (Å²) in [5.74, 6) is -0.843. The number of amides is 1. The molecule has 3 N–H and O–H groups in total. The number of hydrogen-bond acceptors (Lipinski definition) is 11. The van der Waals surface area contributed by atoms with Gasteiger partial charge in [0.15, 0.2) is 0 Å². The van der Waals surface area contributed by atoms with Crippen LogP contribution in [0.4, 0.5) is 28.4 Å². The van der Waals surface area contributed by atoms with Crippen LogP contribution in [0.3, 0.4) is 0 Å². The molecular formula is C40H38ClN7O7S. The van der Waals surface area contributed by atoms with Gasteiger partial charge < -0.3 is 15.5 Å². The Morgan fingerprint density at radius 1 is 0.804 bits per heavy atom. The van der Waals surface area contributed by atoms with Crippen molar-refractivity contribution in [2.45, 2.75) is 30.3 Å². The van der Waals surface area contributed by atoms with Crippen LogP contribution in [0.15, 0.2) is 114 Å². The highest BCUT2D eigenvalue weighted by Gasteiger charge is 2.33. The molecule has 16 heteroatoms. The molecule has 1 amide bonds. The van der Waals surface area contributed by atoms with E-state index in [0.717, 1.165) is 61.9 Å². The Kier molecular flexibility index (Phi) is 11.2. The summed E-state index contributed by atoms with van der Waals surface area (Å²) < 4.78 is 28.7. The Labute approximate surface area is 328 Å². The summed E-state index contributed by atoms with van der Waals surface area (Å²) in [6.45, 7) is 3.65. The zero-order chi connectivity index (χ0) is 39.4. The van der Waals surface area contributed by atoms with E-state index >= 15 is 0 Å². The van der Waals surface area contributed by atoms with Crippen LogP contribution in [0.2, 0.25) is 5.02 Å². The van der Waals surface area contributed by atoms with E-state index in [1.165, 1.54) is 29.3 Å². The molecule has 0 saturated carbocycles. The zero-order valence-electron chi connectivity index (χ0n) is 30.1. The van der Waals surface area contributed by atoms with Gasteiger partial charge in [-0.2, -0.15) is 0 Å². The molecule has 5 aromatic carbocycles. The lowest BCUT2D eigenvalue weighted by Crippen LogP contribution is -2.54. The highest BCUT2D eigenvalue weighted by Crippen LogP contribution is 2.35. The van der Waals surface area contributed by atoms with Crippen LogP contribution in [0.5, 0.6) is 0 Å². The van der Waals surface area contributed by atoms with Crippen molar-refractivity contribution < 1.29 is 23.1 Å². The monoisotopic (exact) mass is 795 g/mol. The van der Waals surface area contributed by atoms with Crippen molar-refractivity contribution >= 4 is 56.0 Å². The van der Waals surface area contributed by atoms with Crippen molar-refractivity contribution in [1.29, 1.82) is 0 Å². The molecule has 0 spiro atoms. The minimum Gasteiger partial charge on any atom is -0.378 e. The summed E-state index contributed by atoms with van der Waals surface area (Å²) in [5, 5.41) is 29.6. The number of sulfonamides is 1. The van der Waals surface area contributed by atoms with E-state index in [1.807, 2.05) is 36.4 Å². The van der Waals surface area contributed by atoms with Gasteiger partial charge in [0.05, 0.1) is 14.7 Å². The number of nitrogens with zero attached hydrogens (tertiary/aromatic N) is 4. The number of benzene rings is 5. The molecule has 1 fully saturated rings. The normalized spacial score (nSPS) is 15.3. The van der Waals surface area contributed by atoms with Gasteiger partial charge in [-0.05, 0) is 83.6 Å². The molecule has 2 aliphatic heterocycles. The van der Waals surface area contributed by atoms with Crippen molar-refractivity contribution in [1.82, 2.24) is 9.62 Å². The van der Waals surface area contributed by atoms with E-state index in [9.17, 15) is 33.4 Å². The van der Waals surface area contributed by atoms with Gasteiger partial charge in [0.25, 0.3) is 27.3 Å². The number of carbonyl (C=O) groups excluding carboxylic acids is 1. The van der Waals surface area contributed by atoms with Crippen LogP contribution < -0.4 is 20.3 Å². The summed E-state index contributed by atoms with van der Waals surface area (Å²) >= 11 is 6.13. The quantitative estimate of drug-likeness (QED) is 0.0628. The van der Waals surface area contributed by atoms with Gasteiger partial charge in [0.1, 0.15) is 11.4 Å². The average molecular weight is 796 g/mol. The maximum atomic E-state index is 13.3. The lowest BCUT2D eigenvalue weighted by atomic mass is 9.92. The number of fused-ring (bicyclic) bond motifs is 3. The van der Waals surface area contributed by atoms with Crippen LogP contribution in [0.1, 0.15) is 27.9 Å². The van der Waals surface area contributed by atoms with Crippen molar-refractivity contribution in [3.63, 3.8) is 0 Å². The number of aryl methyl sites for hydroxylation is 1. The van der Waals surface area contributed by atoms with Gasteiger partial charge >= 0.3 is 0 Å². The van der Waals surface area contributed by atoms with Gasteiger partial charge in [0, 0.05) is 73.7 Å². The van der Waals surface area contributed by atoms with E-state index in [4.69, 9.17) is 11.6 Å². The minimum absolute atomic E-state index is 0.0428. The number of piperazine rings is 1. The van der Waals surface area contributed by atoms with Crippen LogP contribution in [0.25, 0.3) is 11.1 Å². The van der Waals surface area contributed by atoms with Crippen LogP contribution in [-0.4, -0.2) is 67.8 Å². The Morgan fingerprint density at radius 3 is 2.25 bits per heavy atom. The molecule has 288 valence electrons. The summed E-state index contributed by atoms with van der Waals surface area (Å²) in [6, 6.07) is 31.2. The second-order valence-electron chi connectivity index (χ2n) is 13.6. The average Bonchev–Trinajstić information content (AvgIpc) is 3.19. The minimum atomic E-state index is -4.48. The SMILES string of the molecule is O=C(NS(=O)(=O)c1ccc(NCCNc2ccccc2[N+](=O)[O-])c([N+](=O)[O-])c1)c1ccc2c(c1)CC[C@H]1CN(Cc3ccccc3-c3ccc(Cl)cc3)CCN21. The zero-order valence-corrected chi connectivity index (χ0v) is 31.6. The van der Waals surface area contributed by atoms with E-state index in [0.29, 0.717) is 5.02 Å². The lowest BCUT2D eigenvalue weighted by Gasteiger charge is -2.46. The molecular weight excluding hydrogens is 758 g/mol. The fraction of sp³-hybridized carbons (Fsp3) is 0.225. The molecule has 14 nitrogen and oxygen atoms in total. The van der Waals surface area contributed by atoms with E-state index < -0.39 is 36.4 Å². The topological polar surface area (TPSA) is 180 Å². The van der Waals surface area contributed by atoms with Crippen molar-refractivity contribution in [2.24, 2.45) is 0 Å². The van der Waals surface area contributed by atoms with Crippen LogP contribution >= 0.6 is 11.6 Å². The predicted molar refractivity (Wildman–Crippen MR) is 216 cm³/mol. The number of para-hydroxylation sites is 2. The van der Waals surface area contributed by atoms with Gasteiger partial charge in [-0.15, -0.1) is 0 Å². The van der Waals surface area contributed by atoms with Crippen LogP contribution in [0, 0.1) is 20.2 Å². The van der Waals surface area contributed by atoms with Gasteiger partial charge in [-0.3, -0.25) is 29.9 Å². The first-order valence-corrected chi connectivity index (χ1v) is 19.9. The second kappa shape index (κ2) is 16.4. The number of carbonyl (C=O) groups is 1. The predicted octanol–water partition coefficient (Wildman–Crippen LogP) is 7.10. The highest BCUT2D eigenvalue weighted by atomic mass is 35.5. The number of hydrogen-bond donors (Lipinski definition) is 3. The molecule has 1 atom stereocenters. The van der Waals surface area contributed by atoms with E-state index in [2.05, 4.69) is 43.4 Å². The first kappa shape index (κ1) is 38.3. The number of halogens is 1. The number of nitrogens with one attached hydrogen (secondary N) is 3. The summed E-state index contributed by atoms with van der Waals surface area (Å²) in [4.78, 5) is 39.6. The number of nitro groups is 2. The van der Waals surface area contributed by atoms with Crippen molar-refractivity contribution in [3.8, 4) is 11.1 Å². The summed E-state index contributed by atoms with van der Waals surface area (Å²) in [5.41, 5.74) is 5.40. The van der Waals surface area contributed by atoms with E-state index in [-0.39, 0.29) is 41.8 Å². The molecule has 7 rings (SSSR count). The first-order valence-electron chi connectivity index (χ1n) is 18.0. The molecule has 2 heterocycles. The molecule has 0 radical (unpaired) electrons. The fourth-order valence-electron chi connectivity index (χ4n) is 7.36. The molecule has 0 bridgehead atoms. The van der Waals surface area contributed by atoms with Gasteiger partial charge in [-0.1, -0.05) is 60.1 Å². The molecule has 0 aliphatic carbocycles. The first-order chi connectivity index (χ1) is 27.0. The Balaban J connectivity index is 0.972. The van der Waals surface area contributed by atoms with Crippen molar-refractivity contribution in [2.75, 3.05) is 48.3 Å². The van der Waals surface area contributed by atoms with Crippen molar-refractivity contribution in [3.05, 3.63) is 151 Å². The molecule has 5 aromatic rings. The lowest BCUT2D eigenvalue weighted by molar-refractivity contribution is -0.384. The largest absolute Gasteiger partial charge is 0.378 e. The third kappa shape index (κ3) is 8.44. The highest BCUT2D eigenvalue weighted by molar-refractivity contribution is 7.90. The molecule has 1 saturated heterocycles. The van der Waals surface area contributed by atoms with Gasteiger partial charge in [-0.25, -0.2) is 13.1 Å². The number of nitro benzene ring substituents is 2. The molecule has 0 aromatic heterocycles. The number of rotatable bonds is 13. The van der Waals surface area contributed by atoms with Gasteiger partial charge in [0.2, 0.25) is 0 Å². The third-order valence-electron chi connectivity index (χ3n) is 10.1. The maximum Gasteiger partial charge on any atom is 0.293 e. The fourth-order valence-corrected chi connectivity index (χ4v) is 8.48. The molecule has 0 unspecified atom stereocenters. The summed E-state index contributed by atoms with van der Waals surface area (Å²) in [7, 11) is -4.48. The Morgan fingerprint density at radius 2 is 1.50 bits per heavy atom. The Bertz CT molecular complexity index is 2410. The third-order valence-corrected chi connectivity index (χ3v) is 11.7. The molecule has 56 heavy (non-hydrogen) atoms.